The van der Waals surface area contributed by atoms with E-state index in [1.165, 1.54) is 5.56 Å². The Bertz CT molecular complexity index is 413. The van der Waals surface area contributed by atoms with Crippen LogP contribution in [-0.2, 0) is 11.2 Å². The molecule has 0 aromatic heterocycles. The van der Waals surface area contributed by atoms with Crippen molar-refractivity contribution in [1.82, 2.24) is 15.8 Å². The smallest absolute Gasteiger partial charge is 0.244 e. The number of nitrogens with zero attached hydrogens (tertiary/aromatic N) is 1. The molecule has 0 radical (unpaired) electrons. The highest BCUT2D eigenvalue weighted by Gasteiger charge is 2.41. The molecule has 0 spiro atoms. The van der Waals surface area contributed by atoms with Crippen LogP contribution in [0.5, 0.6) is 0 Å². The van der Waals surface area contributed by atoms with E-state index >= 15 is 0 Å². The van der Waals surface area contributed by atoms with Gasteiger partial charge < -0.3 is 5.32 Å². The molecule has 1 amide bonds. The van der Waals surface area contributed by atoms with Gasteiger partial charge in [0, 0.05) is 20.6 Å². The lowest BCUT2D eigenvalue weighted by Gasteiger charge is -2.39. The van der Waals surface area contributed by atoms with Gasteiger partial charge in [-0.15, -0.1) is 0 Å². The molecular formula is C15H23N3O. The number of hydrogen-bond donors (Lipinski definition) is 2. The summed E-state index contributed by atoms with van der Waals surface area (Å²) in [6, 6.07) is 10.3. The van der Waals surface area contributed by atoms with E-state index in [1.54, 1.807) is 19.1 Å². The van der Waals surface area contributed by atoms with Crippen molar-refractivity contribution in [2.24, 2.45) is 5.41 Å². The minimum Gasteiger partial charge on any atom is -0.316 e. The Hall–Kier alpha value is -1.39. The van der Waals surface area contributed by atoms with Crippen molar-refractivity contribution in [2.75, 3.05) is 27.2 Å². The lowest BCUT2D eigenvalue weighted by atomic mass is 9.75. The summed E-state index contributed by atoms with van der Waals surface area (Å²) in [4.78, 5) is 12.7. The summed E-state index contributed by atoms with van der Waals surface area (Å²) in [6.07, 6.45) is 2.79. The Kier molecular flexibility index (Phi) is 4.56. The van der Waals surface area contributed by atoms with Gasteiger partial charge in [0.05, 0.1) is 5.41 Å². The second kappa shape index (κ2) is 6.17. The van der Waals surface area contributed by atoms with Crippen LogP contribution in [0.25, 0.3) is 0 Å². The number of hydrogen-bond acceptors (Lipinski definition) is 3. The summed E-state index contributed by atoms with van der Waals surface area (Å²) in [5.74, 6) is 0.172. The van der Waals surface area contributed by atoms with E-state index in [9.17, 15) is 4.79 Å². The number of amides is 1. The van der Waals surface area contributed by atoms with E-state index < -0.39 is 0 Å². The van der Waals surface area contributed by atoms with E-state index in [2.05, 4.69) is 22.9 Å². The highest BCUT2D eigenvalue weighted by molar-refractivity contribution is 5.83. The molecule has 1 aliphatic rings. The van der Waals surface area contributed by atoms with Gasteiger partial charge in [-0.2, -0.15) is 0 Å². The number of benzene rings is 1. The van der Waals surface area contributed by atoms with E-state index in [0.717, 1.165) is 32.4 Å². The summed E-state index contributed by atoms with van der Waals surface area (Å²) in [5.41, 5.74) is 3.83. The van der Waals surface area contributed by atoms with Crippen LogP contribution in [0.2, 0.25) is 0 Å². The van der Waals surface area contributed by atoms with E-state index in [-0.39, 0.29) is 11.3 Å². The molecule has 2 N–H and O–H groups in total. The van der Waals surface area contributed by atoms with Gasteiger partial charge in [-0.3, -0.25) is 9.80 Å². The van der Waals surface area contributed by atoms with Gasteiger partial charge in [0.15, 0.2) is 0 Å². The molecule has 1 aromatic carbocycles. The topological polar surface area (TPSA) is 44.4 Å². The number of piperidine rings is 1. The van der Waals surface area contributed by atoms with Gasteiger partial charge in [-0.1, -0.05) is 30.3 Å². The van der Waals surface area contributed by atoms with Crippen LogP contribution in [0, 0.1) is 5.41 Å². The first kappa shape index (κ1) is 14.0. The second-order valence-corrected chi connectivity index (χ2v) is 5.31. The zero-order valence-electron chi connectivity index (χ0n) is 11.8. The van der Waals surface area contributed by atoms with E-state index in [0.29, 0.717) is 0 Å². The molecule has 1 atom stereocenters. The van der Waals surface area contributed by atoms with Gasteiger partial charge in [-0.25, -0.2) is 5.43 Å². The number of carbonyl (C=O) groups excluding carboxylic acids is 1. The quantitative estimate of drug-likeness (QED) is 0.800. The van der Waals surface area contributed by atoms with Crippen LogP contribution < -0.4 is 10.7 Å². The number of nitrogens with one attached hydrogen (secondary N) is 2. The van der Waals surface area contributed by atoms with Crippen LogP contribution in [0.4, 0.5) is 0 Å². The average molecular weight is 261 g/mol. The number of rotatable bonds is 4. The molecule has 1 aromatic rings. The lowest BCUT2D eigenvalue weighted by Crippen LogP contribution is -2.54. The predicted molar refractivity (Wildman–Crippen MR) is 76.5 cm³/mol. The molecule has 4 nitrogen and oxygen atoms in total. The molecule has 1 heterocycles. The third kappa shape index (κ3) is 3.14. The predicted octanol–water partition coefficient (Wildman–Crippen LogP) is 1.19. The molecule has 104 valence electrons. The van der Waals surface area contributed by atoms with Crippen LogP contribution in [0.15, 0.2) is 30.3 Å². The third-order valence-corrected chi connectivity index (χ3v) is 3.95. The highest BCUT2D eigenvalue weighted by atomic mass is 16.2. The van der Waals surface area contributed by atoms with Crippen LogP contribution in [-0.4, -0.2) is 38.1 Å². The van der Waals surface area contributed by atoms with Gasteiger partial charge >= 0.3 is 0 Å². The summed E-state index contributed by atoms with van der Waals surface area (Å²) in [7, 11) is 3.58. The molecule has 1 aliphatic heterocycles. The summed E-state index contributed by atoms with van der Waals surface area (Å²) < 4.78 is 0. The van der Waals surface area contributed by atoms with Crippen molar-refractivity contribution >= 4 is 5.91 Å². The molecule has 0 saturated carbocycles. The molecule has 1 fully saturated rings. The zero-order valence-corrected chi connectivity index (χ0v) is 11.8. The highest BCUT2D eigenvalue weighted by Crippen LogP contribution is 2.32. The molecule has 0 unspecified atom stereocenters. The van der Waals surface area contributed by atoms with Gasteiger partial charge in [0.2, 0.25) is 5.91 Å². The lowest BCUT2D eigenvalue weighted by molar-refractivity contribution is -0.144. The first-order valence-corrected chi connectivity index (χ1v) is 6.88. The molecule has 0 aliphatic carbocycles. The minimum atomic E-state index is -0.322. The van der Waals surface area contributed by atoms with Gasteiger partial charge in [0.1, 0.15) is 0 Å². The Labute approximate surface area is 115 Å². The Morgan fingerprint density at radius 2 is 2.16 bits per heavy atom. The van der Waals surface area contributed by atoms with Crippen LogP contribution >= 0.6 is 0 Å². The summed E-state index contributed by atoms with van der Waals surface area (Å²) in [6.45, 7) is 1.76. The van der Waals surface area contributed by atoms with Crippen LogP contribution in [0.1, 0.15) is 18.4 Å². The maximum Gasteiger partial charge on any atom is 0.244 e. The van der Waals surface area contributed by atoms with Gasteiger partial charge in [0.25, 0.3) is 0 Å². The Balaban J connectivity index is 2.22. The Morgan fingerprint density at radius 3 is 2.74 bits per heavy atom. The standard InChI is InChI=1S/C15H23N3O/c1-16-18(2)14(19)15(9-6-10-17-12-15)11-13-7-4-3-5-8-13/h3-5,7-8,16-17H,6,9-12H2,1-2H3/t15-/m1/s1. The molecule has 0 bridgehead atoms. The molecule has 1 saturated heterocycles. The monoisotopic (exact) mass is 261 g/mol. The molecule has 2 rings (SSSR count). The number of carbonyl (C=O) groups is 1. The molecule has 19 heavy (non-hydrogen) atoms. The normalized spacial score (nSPS) is 23.1. The third-order valence-electron chi connectivity index (χ3n) is 3.95. The zero-order chi connectivity index (χ0) is 13.7. The van der Waals surface area contributed by atoms with Crippen molar-refractivity contribution < 1.29 is 4.79 Å². The minimum absolute atomic E-state index is 0.172. The van der Waals surface area contributed by atoms with E-state index in [4.69, 9.17) is 0 Å². The van der Waals surface area contributed by atoms with Crippen LogP contribution in [0.3, 0.4) is 0 Å². The van der Waals surface area contributed by atoms with Crippen molar-refractivity contribution in [3.8, 4) is 0 Å². The first-order valence-electron chi connectivity index (χ1n) is 6.88. The summed E-state index contributed by atoms with van der Waals surface area (Å²) in [5, 5.41) is 4.99. The van der Waals surface area contributed by atoms with Crippen molar-refractivity contribution in [1.29, 1.82) is 0 Å². The maximum atomic E-state index is 12.7. The fraction of sp³-hybridized carbons (Fsp3) is 0.533. The molecule has 4 heteroatoms. The first-order chi connectivity index (χ1) is 9.18. The number of hydrazine groups is 1. The second-order valence-electron chi connectivity index (χ2n) is 5.31. The van der Waals surface area contributed by atoms with Crippen molar-refractivity contribution in [3.05, 3.63) is 35.9 Å². The maximum absolute atomic E-state index is 12.7. The largest absolute Gasteiger partial charge is 0.316 e. The van der Waals surface area contributed by atoms with Crippen molar-refractivity contribution in [2.45, 2.75) is 19.3 Å². The fourth-order valence-corrected chi connectivity index (χ4v) is 2.82. The van der Waals surface area contributed by atoms with Crippen molar-refractivity contribution in [3.63, 3.8) is 0 Å². The fourth-order valence-electron chi connectivity index (χ4n) is 2.82. The Morgan fingerprint density at radius 1 is 1.42 bits per heavy atom. The molecular weight excluding hydrogens is 238 g/mol. The van der Waals surface area contributed by atoms with Gasteiger partial charge in [-0.05, 0) is 31.4 Å². The van der Waals surface area contributed by atoms with E-state index in [1.807, 2.05) is 18.2 Å². The SMILES string of the molecule is CNN(C)C(=O)[C@@]1(Cc2ccccc2)CCCNC1. The average Bonchev–Trinajstić information content (AvgIpc) is 2.47. The summed E-state index contributed by atoms with van der Waals surface area (Å²) >= 11 is 0.